The summed E-state index contributed by atoms with van der Waals surface area (Å²) in [5, 5.41) is -0.0365. The number of aryl methyl sites for hydroxylation is 1. The number of nitrogens with zero attached hydrogens (tertiary/aromatic N) is 2. The lowest BCUT2D eigenvalue weighted by atomic mass is 9.86. The van der Waals surface area contributed by atoms with Crippen LogP contribution in [0.4, 0.5) is 9.59 Å². The van der Waals surface area contributed by atoms with Crippen LogP contribution in [0.1, 0.15) is 59.6 Å². The largest absolute Gasteiger partial charge is 0.415 e. The molecule has 0 aliphatic carbocycles. The fourth-order valence-electron chi connectivity index (χ4n) is 2.66. The van der Waals surface area contributed by atoms with Crippen molar-refractivity contribution in [2.45, 2.75) is 65.7 Å². The number of ether oxygens (including phenoxy) is 1. The number of hydrogen-bond acceptors (Lipinski definition) is 4. The molecule has 0 N–H and O–H groups in total. The first-order valence-corrected chi connectivity index (χ1v) is 10.5. The van der Waals surface area contributed by atoms with Crippen molar-refractivity contribution >= 4 is 23.1 Å². The van der Waals surface area contributed by atoms with Crippen molar-refractivity contribution < 1.29 is 14.3 Å². The smallest absolute Gasteiger partial charge is 0.409 e. The maximum absolute atomic E-state index is 12.7. The lowest BCUT2D eigenvalue weighted by molar-refractivity contribution is 0.156. The predicted octanol–water partition coefficient (Wildman–Crippen LogP) is 5.69. The van der Waals surface area contributed by atoms with Crippen molar-refractivity contribution in [1.29, 1.82) is 0 Å². The van der Waals surface area contributed by atoms with E-state index in [0.29, 0.717) is 36.8 Å². The number of hydrogen-bond donors (Lipinski definition) is 0. The zero-order valence-corrected chi connectivity index (χ0v) is 18.8. The number of benzene rings is 1. The van der Waals surface area contributed by atoms with Gasteiger partial charge < -0.3 is 14.5 Å². The molecule has 6 heteroatoms. The average molecular weight is 395 g/mol. The molecule has 5 nitrogen and oxygen atoms in total. The van der Waals surface area contributed by atoms with Gasteiger partial charge in [0.1, 0.15) is 5.75 Å². The molecule has 0 bridgehead atoms. The molecule has 0 aromatic heterocycles. The molecule has 0 saturated carbocycles. The van der Waals surface area contributed by atoms with Gasteiger partial charge in [0.2, 0.25) is 0 Å². The molecule has 27 heavy (non-hydrogen) atoms. The molecule has 152 valence electrons. The molecule has 0 saturated heterocycles. The van der Waals surface area contributed by atoms with E-state index in [2.05, 4.69) is 20.8 Å². The summed E-state index contributed by atoms with van der Waals surface area (Å²) >= 11 is 1.13. The minimum Gasteiger partial charge on any atom is -0.409 e. The summed E-state index contributed by atoms with van der Waals surface area (Å²) in [6.45, 7) is 18.5. The second kappa shape index (κ2) is 10.0. The van der Waals surface area contributed by atoms with Gasteiger partial charge in [0.15, 0.2) is 0 Å². The first-order chi connectivity index (χ1) is 12.6. The van der Waals surface area contributed by atoms with E-state index < -0.39 is 0 Å². The topological polar surface area (TPSA) is 49.9 Å². The summed E-state index contributed by atoms with van der Waals surface area (Å²) in [4.78, 5) is 29.2. The van der Waals surface area contributed by atoms with Crippen LogP contribution in [-0.4, -0.2) is 47.3 Å². The quantitative estimate of drug-likeness (QED) is 0.582. The fraction of sp³-hybridized carbons (Fsp3) is 0.619. The average Bonchev–Trinajstić information content (AvgIpc) is 2.58. The Hall–Kier alpha value is -1.69. The maximum Gasteiger partial charge on any atom is 0.415 e. The molecule has 0 radical (unpaired) electrons. The maximum atomic E-state index is 12.7. The Morgan fingerprint density at radius 2 is 1.48 bits per heavy atom. The second-order valence-corrected chi connectivity index (χ2v) is 8.44. The van der Waals surface area contributed by atoms with Crippen molar-refractivity contribution in [1.82, 2.24) is 9.80 Å². The molecule has 1 rings (SSSR count). The third-order valence-corrected chi connectivity index (χ3v) is 5.49. The molecule has 0 aliphatic rings. The van der Waals surface area contributed by atoms with Crippen LogP contribution in [0, 0.1) is 6.92 Å². The molecule has 0 unspecified atom stereocenters. The van der Waals surface area contributed by atoms with E-state index in [1.807, 2.05) is 46.8 Å². The number of thioether (sulfide) groups is 1. The first kappa shape index (κ1) is 23.3. The number of carbonyl (C=O) groups is 2. The third-order valence-electron chi connectivity index (χ3n) is 4.54. The molecule has 1 aromatic rings. The molecule has 1 aromatic carbocycles. The van der Waals surface area contributed by atoms with Crippen LogP contribution in [0.15, 0.2) is 17.0 Å². The molecular formula is C21H34N2O3S. The Bertz CT molecular complexity index is 660. The predicted molar refractivity (Wildman–Crippen MR) is 113 cm³/mol. The summed E-state index contributed by atoms with van der Waals surface area (Å²) in [7, 11) is 0. The van der Waals surface area contributed by atoms with Crippen LogP contribution in [-0.2, 0) is 5.41 Å². The highest BCUT2D eigenvalue weighted by Crippen LogP contribution is 2.38. The number of rotatable bonds is 6. The number of carbonyl (C=O) groups excluding carboxylic acids is 2. The van der Waals surface area contributed by atoms with Gasteiger partial charge in [-0.25, -0.2) is 4.79 Å². The first-order valence-electron chi connectivity index (χ1n) is 9.67. The van der Waals surface area contributed by atoms with Crippen LogP contribution >= 0.6 is 11.8 Å². The van der Waals surface area contributed by atoms with Gasteiger partial charge in [-0.2, -0.15) is 0 Å². The summed E-state index contributed by atoms with van der Waals surface area (Å²) in [6, 6.07) is 4.01. The lowest BCUT2D eigenvalue weighted by Gasteiger charge is -2.25. The van der Waals surface area contributed by atoms with Gasteiger partial charge in [-0.3, -0.25) is 4.79 Å². The minimum absolute atomic E-state index is 0.0365. The van der Waals surface area contributed by atoms with E-state index in [-0.39, 0.29) is 16.7 Å². The van der Waals surface area contributed by atoms with Crippen LogP contribution in [0.2, 0.25) is 0 Å². The summed E-state index contributed by atoms with van der Waals surface area (Å²) in [5.74, 6) is 0.477. The van der Waals surface area contributed by atoms with E-state index in [1.54, 1.807) is 9.80 Å². The standard InChI is InChI=1S/C21H34N2O3S/c1-9-22(10-2)19(24)26-18-15(5)13-16(21(6,7)8)14-17(18)27-20(25)23(11-3)12-4/h13-14H,9-12H2,1-8H3. The van der Waals surface area contributed by atoms with Gasteiger partial charge in [-0.15, -0.1) is 0 Å². The van der Waals surface area contributed by atoms with E-state index in [0.717, 1.165) is 22.9 Å². The van der Waals surface area contributed by atoms with Crippen molar-refractivity contribution in [3.05, 3.63) is 23.3 Å². The molecule has 0 atom stereocenters. The van der Waals surface area contributed by atoms with Gasteiger partial charge in [0.25, 0.3) is 5.24 Å². The highest BCUT2D eigenvalue weighted by atomic mass is 32.2. The molecule has 0 fully saturated rings. The Balaban J connectivity index is 3.35. The van der Waals surface area contributed by atoms with E-state index >= 15 is 0 Å². The molecular weight excluding hydrogens is 360 g/mol. The van der Waals surface area contributed by atoms with Crippen molar-refractivity contribution in [2.24, 2.45) is 0 Å². The van der Waals surface area contributed by atoms with Crippen LogP contribution in [0.3, 0.4) is 0 Å². The van der Waals surface area contributed by atoms with Gasteiger partial charge in [0, 0.05) is 26.2 Å². The summed E-state index contributed by atoms with van der Waals surface area (Å²) < 4.78 is 5.73. The van der Waals surface area contributed by atoms with Crippen molar-refractivity contribution in [3.63, 3.8) is 0 Å². The molecule has 2 amide bonds. The highest BCUT2D eigenvalue weighted by Gasteiger charge is 2.24. The molecule has 0 heterocycles. The van der Waals surface area contributed by atoms with E-state index in [1.165, 1.54) is 0 Å². The van der Waals surface area contributed by atoms with Crippen molar-refractivity contribution in [2.75, 3.05) is 26.2 Å². The van der Waals surface area contributed by atoms with Gasteiger partial charge in [-0.05, 0) is 69.0 Å². The number of amides is 2. The Labute approximate surface area is 168 Å². The van der Waals surface area contributed by atoms with Crippen LogP contribution < -0.4 is 4.74 Å². The SMILES string of the molecule is CCN(CC)C(=O)Oc1c(C)cc(C(C)(C)C)cc1SC(=O)N(CC)CC. The van der Waals surface area contributed by atoms with Gasteiger partial charge >= 0.3 is 6.09 Å². The van der Waals surface area contributed by atoms with Gasteiger partial charge in [-0.1, -0.05) is 26.8 Å². The minimum atomic E-state index is -0.385. The Morgan fingerprint density at radius 1 is 0.963 bits per heavy atom. The lowest BCUT2D eigenvalue weighted by Crippen LogP contribution is -2.33. The molecule has 0 aliphatic heterocycles. The Morgan fingerprint density at radius 3 is 1.93 bits per heavy atom. The zero-order chi connectivity index (χ0) is 20.8. The monoisotopic (exact) mass is 394 g/mol. The van der Waals surface area contributed by atoms with Crippen LogP contribution in [0.25, 0.3) is 0 Å². The molecule has 0 spiro atoms. The zero-order valence-electron chi connectivity index (χ0n) is 18.0. The highest BCUT2D eigenvalue weighted by molar-refractivity contribution is 8.13. The van der Waals surface area contributed by atoms with Crippen LogP contribution in [0.5, 0.6) is 5.75 Å². The fourth-order valence-corrected chi connectivity index (χ4v) is 3.71. The third kappa shape index (κ3) is 6.16. The summed E-state index contributed by atoms with van der Waals surface area (Å²) in [6.07, 6.45) is -0.385. The van der Waals surface area contributed by atoms with E-state index in [4.69, 9.17) is 4.74 Å². The Kier molecular flexibility index (Phi) is 8.66. The normalized spacial score (nSPS) is 11.3. The van der Waals surface area contributed by atoms with Gasteiger partial charge in [0.05, 0.1) is 4.90 Å². The second-order valence-electron chi connectivity index (χ2n) is 7.45. The summed E-state index contributed by atoms with van der Waals surface area (Å²) in [5.41, 5.74) is 1.90. The van der Waals surface area contributed by atoms with E-state index in [9.17, 15) is 9.59 Å². The van der Waals surface area contributed by atoms with Crippen molar-refractivity contribution in [3.8, 4) is 5.75 Å².